The van der Waals surface area contributed by atoms with Crippen LogP contribution in [0.2, 0.25) is 0 Å². The van der Waals surface area contributed by atoms with Crippen LogP contribution in [0, 0.1) is 0 Å². The molecule has 2 unspecified atom stereocenters. The molecule has 1 rings (SSSR count). The maximum absolute atomic E-state index is 12.7. The smallest absolute Gasteiger partial charge is 0.416 e. The molecule has 8 heteroatoms. The molecule has 0 spiro atoms. The number of hydrogen-bond acceptors (Lipinski definition) is 3. The van der Waals surface area contributed by atoms with Gasteiger partial charge in [-0.3, -0.25) is 4.79 Å². The Hall–Kier alpha value is -2.09. The first-order valence-electron chi connectivity index (χ1n) is 6.84. The Kier molecular flexibility index (Phi) is 6.56. The molecule has 5 nitrogen and oxygen atoms in total. The lowest BCUT2D eigenvalue weighted by atomic mass is 9.95. The number of nitrogens with one attached hydrogen (secondary N) is 1. The van der Waals surface area contributed by atoms with Gasteiger partial charge in [0.25, 0.3) is 0 Å². The van der Waals surface area contributed by atoms with E-state index in [1.807, 2.05) is 0 Å². The molecule has 128 valence electrons. The third kappa shape index (κ3) is 5.90. The Morgan fingerprint density at radius 1 is 1.35 bits per heavy atom. The molecule has 0 saturated carbocycles. The first-order valence-corrected chi connectivity index (χ1v) is 6.84. The van der Waals surface area contributed by atoms with Crippen molar-refractivity contribution >= 4 is 11.9 Å². The van der Waals surface area contributed by atoms with Crippen LogP contribution in [0.1, 0.15) is 30.4 Å². The highest BCUT2D eigenvalue weighted by Crippen LogP contribution is 2.31. The van der Waals surface area contributed by atoms with Crippen molar-refractivity contribution in [3.05, 3.63) is 35.4 Å². The number of carbonyl (C=O) groups excluding carboxylic acids is 1. The number of amides is 1. The van der Waals surface area contributed by atoms with Gasteiger partial charge in [0.1, 0.15) is 0 Å². The number of ether oxygens (including phenoxy) is 1. The van der Waals surface area contributed by atoms with E-state index in [1.165, 1.54) is 19.2 Å². The molecule has 1 amide bonds. The number of hydrogen-bond donors (Lipinski definition) is 2. The van der Waals surface area contributed by atoms with Crippen LogP contribution in [0.3, 0.4) is 0 Å². The Balaban J connectivity index is 2.64. The summed E-state index contributed by atoms with van der Waals surface area (Å²) >= 11 is 0. The Morgan fingerprint density at radius 2 is 2.00 bits per heavy atom. The number of carboxylic acid groups (broad SMARTS) is 1. The fourth-order valence-electron chi connectivity index (χ4n) is 1.97. The van der Waals surface area contributed by atoms with Crippen LogP contribution in [-0.4, -0.2) is 36.7 Å². The molecule has 0 heterocycles. The van der Waals surface area contributed by atoms with Crippen LogP contribution in [0.4, 0.5) is 13.2 Å². The highest BCUT2D eigenvalue weighted by atomic mass is 19.4. The second kappa shape index (κ2) is 7.96. The molecule has 1 aromatic carbocycles. The van der Waals surface area contributed by atoms with Crippen molar-refractivity contribution in [1.29, 1.82) is 0 Å². The van der Waals surface area contributed by atoms with Crippen LogP contribution >= 0.6 is 0 Å². The maximum atomic E-state index is 12.7. The number of methoxy groups -OCH3 is 1. The highest BCUT2D eigenvalue weighted by Gasteiger charge is 2.30. The molecule has 2 N–H and O–H groups in total. The van der Waals surface area contributed by atoms with Gasteiger partial charge in [-0.2, -0.15) is 13.2 Å². The van der Waals surface area contributed by atoms with Crippen LogP contribution in [0.5, 0.6) is 0 Å². The lowest BCUT2D eigenvalue weighted by Gasteiger charge is -2.16. The highest BCUT2D eigenvalue weighted by molar-refractivity contribution is 5.78. The van der Waals surface area contributed by atoms with Gasteiger partial charge in [0.2, 0.25) is 5.91 Å². The van der Waals surface area contributed by atoms with Gasteiger partial charge >= 0.3 is 12.1 Å². The summed E-state index contributed by atoms with van der Waals surface area (Å²) in [5.41, 5.74) is -0.385. The topological polar surface area (TPSA) is 75.6 Å². The third-order valence-corrected chi connectivity index (χ3v) is 3.32. The third-order valence-electron chi connectivity index (χ3n) is 3.32. The summed E-state index contributed by atoms with van der Waals surface area (Å²) in [6, 6.07) is 4.78. The zero-order valence-electron chi connectivity index (χ0n) is 12.7. The second-order valence-corrected chi connectivity index (χ2v) is 5.10. The zero-order valence-corrected chi connectivity index (χ0v) is 12.7. The average Bonchev–Trinajstić information content (AvgIpc) is 2.46. The van der Waals surface area contributed by atoms with Crippen molar-refractivity contribution in [2.75, 3.05) is 13.7 Å². The van der Waals surface area contributed by atoms with Crippen molar-refractivity contribution in [3.8, 4) is 0 Å². The number of carboxylic acids is 1. The van der Waals surface area contributed by atoms with E-state index in [0.717, 1.165) is 12.1 Å². The molecule has 0 bridgehead atoms. The van der Waals surface area contributed by atoms with Gasteiger partial charge in [-0.05, 0) is 17.5 Å². The van der Waals surface area contributed by atoms with E-state index >= 15 is 0 Å². The summed E-state index contributed by atoms with van der Waals surface area (Å²) in [6.45, 7) is 1.42. The molecule has 0 aliphatic rings. The number of halogens is 3. The number of aliphatic carboxylic acids is 1. The summed E-state index contributed by atoms with van der Waals surface area (Å²) in [4.78, 5) is 22.5. The van der Waals surface area contributed by atoms with Crippen LogP contribution in [0.25, 0.3) is 0 Å². The number of rotatable bonds is 7. The van der Waals surface area contributed by atoms with Gasteiger partial charge in [0.05, 0.1) is 12.1 Å². The fraction of sp³-hybridized carbons (Fsp3) is 0.467. The van der Waals surface area contributed by atoms with E-state index in [4.69, 9.17) is 5.11 Å². The molecule has 2 atom stereocenters. The molecule has 0 aliphatic heterocycles. The van der Waals surface area contributed by atoms with Gasteiger partial charge < -0.3 is 15.2 Å². The normalized spacial score (nSPS) is 14.1. The van der Waals surface area contributed by atoms with E-state index in [-0.39, 0.29) is 13.0 Å². The predicted octanol–water partition coefficient (Wildman–Crippen LogP) is 2.41. The van der Waals surface area contributed by atoms with Gasteiger partial charge in [-0.15, -0.1) is 0 Å². The van der Waals surface area contributed by atoms with Crippen molar-refractivity contribution in [3.63, 3.8) is 0 Å². The molecule has 23 heavy (non-hydrogen) atoms. The zero-order chi connectivity index (χ0) is 17.6. The minimum Gasteiger partial charge on any atom is -0.479 e. The van der Waals surface area contributed by atoms with Crippen LogP contribution in [0.15, 0.2) is 24.3 Å². The average molecular weight is 333 g/mol. The fourth-order valence-corrected chi connectivity index (χ4v) is 1.97. The number of benzene rings is 1. The van der Waals surface area contributed by atoms with E-state index < -0.39 is 35.6 Å². The van der Waals surface area contributed by atoms with Gasteiger partial charge in [-0.25, -0.2) is 4.79 Å². The van der Waals surface area contributed by atoms with E-state index in [1.54, 1.807) is 6.92 Å². The molecule has 0 fully saturated rings. The summed E-state index contributed by atoms with van der Waals surface area (Å²) in [6.07, 6.45) is -5.66. The molecular formula is C15H18F3NO4. The minimum absolute atomic E-state index is 0.0582. The minimum atomic E-state index is -4.44. The number of alkyl halides is 3. The van der Waals surface area contributed by atoms with E-state index in [9.17, 15) is 22.8 Å². The van der Waals surface area contributed by atoms with Gasteiger partial charge in [0, 0.05) is 13.5 Å². The van der Waals surface area contributed by atoms with Crippen molar-refractivity contribution in [1.82, 2.24) is 5.32 Å². The molecular weight excluding hydrogens is 315 g/mol. The predicted molar refractivity (Wildman–Crippen MR) is 75.9 cm³/mol. The summed E-state index contributed by atoms with van der Waals surface area (Å²) < 4.78 is 42.7. The lowest BCUT2D eigenvalue weighted by molar-refractivity contribution is -0.148. The Bertz CT molecular complexity index is 560. The van der Waals surface area contributed by atoms with Crippen molar-refractivity contribution < 1.29 is 32.6 Å². The summed E-state index contributed by atoms with van der Waals surface area (Å²) in [7, 11) is 1.20. The first-order chi connectivity index (χ1) is 10.6. The summed E-state index contributed by atoms with van der Waals surface area (Å²) in [5, 5.41) is 11.2. The SMILES string of the molecule is COC(CNC(=O)CC(C)c1cccc(C(F)(F)F)c1)C(=O)O. The summed E-state index contributed by atoms with van der Waals surface area (Å²) in [5.74, 6) is -2.11. The maximum Gasteiger partial charge on any atom is 0.416 e. The van der Waals surface area contributed by atoms with Crippen molar-refractivity contribution in [2.24, 2.45) is 0 Å². The number of carbonyl (C=O) groups is 2. The first kappa shape index (κ1) is 19.0. The largest absolute Gasteiger partial charge is 0.479 e. The van der Waals surface area contributed by atoms with E-state index in [2.05, 4.69) is 10.1 Å². The van der Waals surface area contributed by atoms with Crippen LogP contribution < -0.4 is 5.32 Å². The molecule has 1 aromatic rings. The van der Waals surface area contributed by atoms with Gasteiger partial charge in [0.15, 0.2) is 6.10 Å². The lowest BCUT2D eigenvalue weighted by Crippen LogP contribution is -2.38. The quantitative estimate of drug-likeness (QED) is 0.803. The molecule has 0 saturated heterocycles. The monoisotopic (exact) mass is 333 g/mol. The Labute approximate surface area is 131 Å². The standard InChI is InChI=1S/C15H18F3NO4/c1-9(6-13(20)19-8-12(23-2)14(21)22)10-4-3-5-11(7-10)15(16,17)18/h3-5,7,9,12H,6,8H2,1-2H3,(H,19,20)(H,21,22). The Morgan fingerprint density at radius 3 is 2.52 bits per heavy atom. The molecule has 0 aromatic heterocycles. The van der Waals surface area contributed by atoms with Crippen molar-refractivity contribution in [2.45, 2.75) is 31.5 Å². The van der Waals surface area contributed by atoms with Crippen LogP contribution in [-0.2, 0) is 20.5 Å². The van der Waals surface area contributed by atoms with Gasteiger partial charge in [-0.1, -0.05) is 25.1 Å². The molecule has 0 aliphatic carbocycles. The second-order valence-electron chi connectivity index (χ2n) is 5.10. The molecule has 0 radical (unpaired) electrons. The van der Waals surface area contributed by atoms with E-state index in [0.29, 0.717) is 5.56 Å².